The van der Waals surface area contributed by atoms with Crippen LogP contribution in [-0.2, 0) is 0 Å². The molecule has 0 spiro atoms. The number of nitrogens with two attached hydrogens (primary N) is 1. The summed E-state index contributed by atoms with van der Waals surface area (Å²) in [6.07, 6.45) is 4.83. The van der Waals surface area contributed by atoms with E-state index < -0.39 is 5.54 Å². The smallest absolute Gasteiger partial charge is 0.102 e. The van der Waals surface area contributed by atoms with Crippen molar-refractivity contribution in [1.82, 2.24) is 9.80 Å². The molecule has 2 aliphatic rings. The Balaban J connectivity index is 1.88. The molecule has 2 N–H and O–H groups in total. The third kappa shape index (κ3) is 3.23. The summed E-state index contributed by atoms with van der Waals surface area (Å²) in [6, 6.07) is 3.52. The van der Waals surface area contributed by atoms with Crippen molar-refractivity contribution in [3.63, 3.8) is 0 Å². The van der Waals surface area contributed by atoms with Crippen LogP contribution in [0.15, 0.2) is 0 Å². The lowest BCUT2D eigenvalue weighted by molar-refractivity contribution is 0.0133. The Hall–Kier alpha value is -0.630. The van der Waals surface area contributed by atoms with E-state index in [0.717, 1.165) is 25.6 Å². The third-order valence-electron chi connectivity index (χ3n) is 4.49. The van der Waals surface area contributed by atoms with Gasteiger partial charge in [-0.2, -0.15) is 5.26 Å². The van der Waals surface area contributed by atoms with E-state index in [2.05, 4.69) is 22.8 Å². The molecule has 0 aliphatic carbocycles. The summed E-state index contributed by atoms with van der Waals surface area (Å²) in [5.74, 6) is 0. The third-order valence-corrected chi connectivity index (χ3v) is 4.49. The molecule has 0 amide bonds. The highest BCUT2D eigenvalue weighted by atomic mass is 15.3. The Morgan fingerprint density at radius 3 is 2.89 bits per heavy atom. The van der Waals surface area contributed by atoms with Crippen LogP contribution >= 0.6 is 0 Å². The van der Waals surface area contributed by atoms with Gasteiger partial charge >= 0.3 is 0 Å². The topological polar surface area (TPSA) is 56.3 Å². The molecule has 0 aromatic carbocycles. The standard InChI is InChI=1S/C14H26N4/c1-12-9-18-7-4-3-5-13(18)10-17(12)8-6-14(2,16)11-15/h12-13H,3-10,16H2,1-2H3. The van der Waals surface area contributed by atoms with Gasteiger partial charge in [0.05, 0.1) is 6.07 Å². The van der Waals surface area contributed by atoms with Crippen LogP contribution in [0.25, 0.3) is 0 Å². The molecule has 0 aromatic heterocycles. The van der Waals surface area contributed by atoms with Crippen LogP contribution in [0.3, 0.4) is 0 Å². The number of hydrogen-bond acceptors (Lipinski definition) is 4. The van der Waals surface area contributed by atoms with Crippen LogP contribution in [-0.4, -0.2) is 53.6 Å². The molecule has 2 rings (SSSR count). The summed E-state index contributed by atoms with van der Waals surface area (Å²) in [4.78, 5) is 5.17. The zero-order chi connectivity index (χ0) is 13.2. The number of piperazine rings is 1. The molecule has 0 aromatic rings. The Bertz CT molecular complexity index is 320. The largest absolute Gasteiger partial charge is 0.314 e. The van der Waals surface area contributed by atoms with Crippen molar-refractivity contribution in [3.05, 3.63) is 0 Å². The zero-order valence-electron chi connectivity index (χ0n) is 11.7. The lowest BCUT2D eigenvalue weighted by Gasteiger charge is -2.47. The van der Waals surface area contributed by atoms with E-state index in [1.54, 1.807) is 0 Å². The van der Waals surface area contributed by atoms with Crippen molar-refractivity contribution in [1.29, 1.82) is 5.26 Å². The second-order valence-electron chi connectivity index (χ2n) is 6.27. The zero-order valence-corrected chi connectivity index (χ0v) is 11.7. The first-order chi connectivity index (χ1) is 8.52. The molecule has 3 unspecified atom stereocenters. The first kappa shape index (κ1) is 13.8. The minimum atomic E-state index is -0.677. The SMILES string of the molecule is CC1CN2CCCCC2CN1CCC(C)(N)C#N. The monoisotopic (exact) mass is 250 g/mol. The molecule has 4 nitrogen and oxygen atoms in total. The van der Waals surface area contributed by atoms with Crippen molar-refractivity contribution >= 4 is 0 Å². The second kappa shape index (κ2) is 5.56. The first-order valence-corrected chi connectivity index (χ1v) is 7.20. The van der Waals surface area contributed by atoms with Gasteiger partial charge in [0.2, 0.25) is 0 Å². The number of fused-ring (bicyclic) bond motifs is 1. The first-order valence-electron chi connectivity index (χ1n) is 7.20. The van der Waals surface area contributed by atoms with Crippen molar-refractivity contribution in [2.24, 2.45) is 5.73 Å². The molecule has 0 bridgehead atoms. The summed E-state index contributed by atoms with van der Waals surface area (Å²) >= 11 is 0. The predicted octanol–water partition coefficient (Wildman–Crippen LogP) is 1.18. The van der Waals surface area contributed by atoms with Crippen LogP contribution in [0.4, 0.5) is 0 Å². The van der Waals surface area contributed by atoms with Crippen LogP contribution in [0, 0.1) is 11.3 Å². The summed E-state index contributed by atoms with van der Waals surface area (Å²) in [7, 11) is 0. The van der Waals surface area contributed by atoms with Gasteiger partial charge in [-0.25, -0.2) is 0 Å². The van der Waals surface area contributed by atoms with Gasteiger partial charge < -0.3 is 5.73 Å². The molecule has 2 saturated heterocycles. The van der Waals surface area contributed by atoms with Crippen molar-refractivity contribution < 1.29 is 0 Å². The number of hydrogen-bond donors (Lipinski definition) is 1. The van der Waals surface area contributed by atoms with E-state index >= 15 is 0 Å². The molecule has 18 heavy (non-hydrogen) atoms. The lowest BCUT2D eigenvalue weighted by atomic mass is 9.95. The molecule has 102 valence electrons. The summed E-state index contributed by atoms with van der Waals surface area (Å²) in [6.45, 7) is 8.68. The fourth-order valence-electron chi connectivity index (χ4n) is 3.16. The average Bonchev–Trinajstić information content (AvgIpc) is 2.36. The fraction of sp³-hybridized carbons (Fsp3) is 0.929. The minimum absolute atomic E-state index is 0.592. The predicted molar refractivity (Wildman–Crippen MR) is 73.1 cm³/mol. The summed E-state index contributed by atoms with van der Waals surface area (Å²) in [5, 5.41) is 8.98. The Morgan fingerprint density at radius 2 is 2.17 bits per heavy atom. The summed E-state index contributed by atoms with van der Waals surface area (Å²) < 4.78 is 0. The quantitative estimate of drug-likeness (QED) is 0.817. The van der Waals surface area contributed by atoms with Crippen molar-refractivity contribution in [2.45, 2.75) is 57.2 Å². The van der Waals surface area contributed by atoms with Crippen LogP contribution < -0.4 is 5.73 Å². The molecule has 4 heteroatoms. The second-order valence-corrected chi connectivity index (χ2v) is 6.27. The van der Waals surface area contributed by atoms with Gasteiger partial charge in [-0.3, -0.25) is 9.80 Å². The molecular weight excluding hydrogens is 224 g/mol. The van der Waals surface area contributed by atoms with Gasteiger partial charge in [0, 0.05) is 31.7 Å². The highest BCUT2D eigenvalue weighted by Crippen LogP contribution is 2.24. The number of piperidine rings is 1. The van der Waals surface area contributed by atoms with E-state index in [1.165, 1.54) is 32.4 Å². The number of nitriles is 1. The summed E-state index contributed by atoms with van der Waals surface area (Å²) in [5.41, 5.74) is 5.24. The van der Waals surface area contributed by atoms with Gasteiger partial charge in [-0.05, 0) is 39.7 Å². The maximum Gasteiger partial charge on any atom is 0.102 e. The maximum absolute atomic E-state index is 8.98. The fourth-order valence-corrected chi connectivity index (χ4v) is 3.16. The Labute approximate surface area is 111 Å². The molecule has 2 aliphatic heterocycles. The van der Waals surface area contributed by atoms with E-state index in [-0.39, 0.29) is 0 Å². The normalized spacial score (nSPS) is 33.4. The van der Waals surface area contributed by atoms with Crippen molar-refractivity contribution in [2.75, 3.05) is 26.2 Å². The maximum atomic E-state index is 8.98. The van der Waals surface area contributed by atoms with Crippen LogP contribution in [0.5, 0.6) is 0 Å². The minimum Gasteiger partial charge on any atom is -0.314 e. The molecule has 3 atom stereocenters. The molecule has 0 saturated carbocycles. The lowest BCUT2D eigenvalue weighted by Crippen LogP contribution is -2.59. The molecular formula is C14H26N4. The van der Waals surface area contributed by atoms with Gasteiger partial charge in [0.1, 0.15) is 5.54 Å². The van der Waals surface area contributed by atoms with Crippen molar-refractivity contribution in [3.8, 4) is 6.07 Å². The highest BCUT2D eigenvalue weighted by Gasteiger charge is 2.33. The van der Waals surface area contributed by atoms with Crippen LogP contribution in [0.1, 0.15) is 39.5 Å². The van der Waals surface area contributed by atoms with Gasteiger partial charge in [-0.15, -0.1) is 0 Å². The average molecular weight is 250 g/mol. The molecule has 2 heterocycles. The van der Waals surface area contributed by atoms with Gasteiger partial charge in [-0.1, -0.05) is 6.42 Å². The Morgan fingerprint density at radius 1 is 1.39 bits per heavy atom. The molecule has 2 fully saturated rings. The van der Waals surface area contributed by atoms with E-state index in [4.69, 9.17) is 11.0 Å². The van der Waals surface area contributed by atoms with Gasteiger partial charge in [0.15, 0.2) is 0 Å². The molecule has 0 radical (unpaired) electrons. The Kier molecular flexibility index (Phi) is 4.26. The van der Waals surface area contributed by atoms with E-state index in [9.17, 15) is 0 Å². The van der Waals surface area contributed by atoms with E-state index in [1.807, 2.05) is 6.92 Å². The number of rotatable bonds is 3. The van der Waals surface area contributed by atoms with E-state index in [0.29, 0.717) is 6.04 Å². The highest BCUT2D eigenvalue weighted by molar-refractivity contribution is 5.01. The van der Waals surface area contributed by atoms with Gasteiger partial charge in [0.25, 0.3) is 0 Å². The van der Waals surface area contributed by atoms with Crippen LogP contribution in [0.2, 0.25) is 0 Å². The number of nitrogens with zero attached hydrogens (tertiary/aromatic N) is 3.